The fourth-order valence-electron chi connectivity index (χ4n) is 1.84. The maximum atomic E-state index is 5.63. The number of nitrogens with two attached hydrogens (primary N) is 1. The molecule has 0 aliphatic carbocycles. The third kappa shape index (κ3) is 1.68. The van der Waals surface area contributed by atoms with Crippen LogP contribution >= 0.6 is 0 Å². The molecule has 0 aromatic heterocycles. The van der Waals surface area contributed by atoms with Gasteiger partial charge >= 0.3 is 0 Å². The molecule has 0 radical (unpaired) electrons. The molecule has 0 fully saturated rings. The Morgan fingerprint density at radius 1 is 1.57 bits per heavy atom. The van der Waals surface area contributed by atoms with Crippen LogP contribution in [0.3, 0.4) is 0 Å². The van der Waals surface area contributed by atoms with E-state index in [1.807, 2.05) is 6.07 Å². The minimum Gasteiger partial charge on any atom is -0.497 e. The van der Waals surface area contributed by atoms with E-state index in [9.17, 15) is 0 Å². The largest absolute Gasteiger partial charge is 0.497 e. The van der Waals surface area contributed by atoms with Gasteiger partial charge in [-0.2, -0.15) is 0 Å². The summed E-state index contributed by atoms with van der Waals surface area (Å²) in [6, 6.07) is 6.56. The second kappa shape index (κ2) is 3.88. The molecular weight excluding hydrogens is 176 g/mol. The summed E-state index contributed by atoms with van der Waals surface area (Å²) in [6.45, 7) is 0.700. The van der Waals surface area contributed by atoms with Crippen LogP contribution in [0.1, 0.15) is 12.0 Å². The first-order valence-electron chi connectivity index (χ1n) is 4.97. The van der Waals surface area contributed by atoms with Gasteiger partial charge in [0.1, 0.15) is 5.75 Å². The molecule has 0 spiro atoms. The molecule has 3 heteroatoms. The van der Waals surface area contributed by atoms with Crippen LogP contribution in [0.4, 0.5) is 5.69 Å². The Hall–Kier alpha value is -1.22. The molecule has 1 unspecified atom stereocenters. The summed E-state index contributed by atoms with van der Waals surface area (Å²) >= 11 is 0. The second-order valence-electron chi connectivity index (χ2n) is 3.64. The normalized spacial score (nSPS) is 19.7. The van der Waals surface area contributed by atoms with Gasteiger partial charge in [-0.15, -0.1) is 0 Å². The van der Waals surface area contributed by atoms with Crippen molar-refractivity contribution in [3.8, 4) is 5.75 Å². The maximum absolute atomic E-state index is 5.63. The number of benzene rings is 1. The van der Waals surface area contributed by atoms with Gasteiger partial charge in [0.2, 0.25) is 0 Å². The number of nitrogens with one attached hydrogen (secondary N) is 1. The SMILES string of the molecule is COc1ccc2c(c1)CCC(CN)N2. The molecule has 0 saturated heterocycles. The molecule has 1 aromatic rings. The zero-order valence-electron chi connectivity index (χ0n) is 8.42. The predicted molar refractivity (Wildman–Crippen MR) is 57.8 cm³/mol. The third-order valence-corrected chi connectivity index (χ3v) is 2.72. The Bertz CT molecular complexity index is 325. The molecule has 0 amide bonds. The minimum absolute atomic E-state index is 0.427. The van der Waals surface area contributed by atoms with E-state index in [1.54, 1.807) is 7.11 Å². The van der Waals surface area contributed by atoms with Gasteiger partial charge < -0.3 is 15.8 Å². The number of methoxy groups -OCH3 is 1. The van der Waals surface area contributed by atoms with Crippen molar-refractivity contribution in [3.63, 3.8) is 0 Å². The van der Waals surface area contributed by atoms with Crippen molar-refractivity contribution in [1.82, 2.24) is 0 Å². The Labute approximate surface area is 84.3 Å². The highest BCUT2D eigenvalue weighted by molar-refractivity contribution is 5.56. The van der Waals surface area contributed by atoms with E-state index in [0.29, 0.717) is 12.6 Å². The van der Waals surface area contributed by atoms with Crippen LogP contribution < -0.4 is 15.8 Å². The zero-order chi connectivity index (χ0) is 9.97. The Kier molecular flexibility index (Phi) is 2.59. The van der Waals surface area contributed by atoms with Crippen molar-refractivity contribution in [2.45, 2.75) is 18.9 Å². The van der Waals surface area contributed by atoms with E-state index in [1.165, 1.54) is 11.3 Å². The van der Waals surface area contributed by atoms with Crippen LogP contribution in [-0.2, 0) is 6.42 Å². The van der Waals surface area contributed by atoms with E-state index in [-0.39, 0.29) is 0 Å². The molecule has 3 N–H and O–H groups in total. The summed E-state index contributed by atoms with van der Waals surface area (Å²) < 4.78 is 5.18. The number of hydrogen-bond donors (Lipinski definition) is 2. The van der Waals surface area contributed by atoms with Crippen LogP contribution in [0.5, 0.6) is 5.75 Å². The molecule has 1 aliphatic heterocycles. The van der Waals surface area contributed by atoms with E-state index in [2.05, 4.69) is 17.4 Å². The number of ether oxygens (including phenoxy) is 1. The average molecular weight is 192 g/mol. The van der Waals surface area contributed by atoms with Crippen LogP contribution in [-0.4, -0.2) is 19.7 Å². The van der Waals surface area contributed by atoms with Crippen LogP contribution in [0.25, 0.3) is 0 Å². The maximum Gasteiger partial charge on any atom is 0.119 e. The van der Waals surface area contributed by atoms with Crippen molar-refractivity contribution in [2.24, 2.45) is 5.73 Å². The van der Waals surface area contributed by atoms with Crippen LogP contribution in [0.2, 0.25) is 0 Å². The molecule has 14 heavy (non-hydrogen) atoms. The zero-order valence-corrected chi connectivity index (χ0v) is 8.42. The summed E-state index contributed by atoms with van der Waals surface area (Å²) in [6.07, 6.45) is 2.19. The van der Waals surface area contributed by atoms with Gasteiger partial charge in [0.05, 0.1) is 7.11 Å². The smallest absolute Gasteiger partial charge is 0.119 e. The summed E-state index contributed by atoms with van der Waals surface area (Å²) in [7, 11) is 1.70. The van der Waals surface area contributed by atoms with Crippen molar-refractivity contribution in [1.29, 1.82) is 0 Å². The topological polar surface area (TPSA) is 47.3 Å². The lowest BCUT2D eigenvalue weighted by molar-refractivity contribution is 0.414. The molecule has 0 saturated carbocycles. The van der Waals surface area contributed by atoms with Crippen molar-refractivity contribution >= 4 is 5.69 Å². The summed E-state index contributed by atoms with van der Waals surface area (Å²) in [5, 5.41) is 3.42. The molecule has 1 heterocycles. The van der Waals surface area contributed by atoms with E-state index >= 15 is 0 Å². The number of hydrogen-bond acceptors (Lipinski definition) is 3. The van der Waals surface area contributed by atoms with Crippen molar-refractivity contribution in [2.75, 3.05) is 19.0 Å². The first kappa shape index (κ1) is 9.34. The highest BCUT2D eigenvalue weighted by atomic mass is 16.5. The Morgan fingerprint density at radius 3 is 3.14 bits per heavy atom. The number of aryl methyl sites for hydroxylation is 1. The Morgan fingerprint density at radius 2 is 2.43 bits per heavy atom. The van der Waals surface area contributed by atoms with Gasteiger partial charge in [-0.1, -0.05) is 0 Å². The van der Waals surface area contributed by atoms with Gasteiger partial charge in [-0.3, -0.25) is 0 Å². The molecule has 76 valence electrons. The first-order chi connectivity index (χ1) is 6.83. The highest BCUT2D eigenvalue weighted by Crippen LogP contribution is 2.27. The van der Waals surface area contributed by atoms with Crippen LogP contribution in [0, 0.1) is 0 Å². The quantitative estimate of drug-likeness (QED) is 0.744. The number of fused-ring (bicyclic) bond motifs is 1. The minimum atomic E-state index is 0.427. The molecule has 1 aliphatic rings. The fraction of sp³-hybridized carbons (Fsp3) is 0.455. The third-order valence-electron chi connectivity index (χ3n) is 2.72. The monoisotopic (exact) mass is 192 g/mol. The predicted octanol–water partition coefficient (Wildman–Crippen LogP) is 1.38. The molecule has 0 bridgehead atoms. The fourth-order valence-corrected chi connectivity index (χ4v) is 1.84. The molecule has 1 atom stereocenters. The second-order valence-corrected chi connectivity index (χ2v) is 3.64. The lowest BCUT2D eigenvalue weighted by Gasteiger charge is -2.26. The van der Waals surface area contributed by atoms with Gasteiger partial charge in [0.15, 0.2) is 0 Å². The number of anilines is 1. The van der Waals surface area contributed by atoms with Crippen molar-refractivity contribution < 1.29 is 4.74 Å². The van der Waals surface area contributed by atoms with Gasteiger partial charge in [0.25, 0.3) is 0 Å². The summed E-state index contributed by atoms with van der Waals surface area (Å²) in [5.41, 5.74) is 8.16. The molecule has 1 aromatic carbocycles. The lowest BCUT2D eigenvalue weighted by Crippen LogP contribution is -2.32. The van der Waals surface area contributed by atoms with Gasteiger partial charge in [-0.05, 0) is 36.6 Å². The van der Waals surface area contributed by atoms with Crippen molar-refractivity contribution in [3.05, 3.63) is 23.8 Å². The van der Waals surface area contributed by atoms with E-state index < -0.39 is 0 Å². The standard InChI is InChI=1S/C11H16N2O/c1-14-10-4-5-11-8(6-10)2-3-9(7-12)13-11/h4-6,9,13H,2-3,7,12H2,1H3. The first-order valence-corrected chi connectivity index (χ1v) is 4.97. The summed E-state index contributed by atoms with van der Waals surface area (Å²) in [5.74, 6) is 0.928. The average Bonchev–Trinajstić information content (AvgIpc) is 2.27. The molecule has 2 rings (SSSR count). The molecule has 3 nitrogen and oxygen atoms in total. The Balaban J connectivity index is 2.23. The summed E-state index contributed by atoms with van der Waals surface area (Å²) in [4.78, 5) is 0. The van der Waals surface area contributed by atoms with E-state index in [4.69, 9.17) is 10.5 Å². The van der Waals surface area contributed by atoms with Crippen LogP contribution in [0.15, 0.2) is 18.2 Å². The molecular formula is C11H16N2O. The number of rotatable bonds is 2. The lowest BCUT2D eigenvalue weighted by atomic mass is 9.98. The van der Waals surface area contributed by atoms with E-state index in [0.717, 1.165) is 18.6 Å². The van der Waals surface area contributed by atoms with Gasteiger partial charge in [0, 0.05) is 18.3 Å². The van der Waals surface area contributed by atoms with Gasteiger partial charge in [-0.25, -0.2) is 0 Å². The highest BCUT2D eigenvalue weighted by Gasteiger charge is 2.16.